The fourth-order valence-electron chi connectivity index (χ4n) is 2.90. The highest BCUT2D eigenvalue weighted by molar-refractivity contribution is 5.88. The zero-order valence-electron chi connectivity index (χ0n) is 14.3. The zero-order valence-corrected chi connectivity index (χ0v) is 14.3. The molecule has 2 aromatic heterocycles. The molecule has 0 aliphatic rings. The second-order valence-corrected chi connectivity index (χ2v) is 5.67. The summed E-state index contributed by atoms with van der Waals surface area (Å²) in [6.45, 7) is 6.18. The fraction of sp³-hybridized carbons (Fsp3) is 0.263. The summed E-state index contributed by atoms with van der Waals surface area (Å²) in [5.41, 5.74) is 5.35. The van der Waals surface area contributed by atoms with Crippen LogP contribution in [0, 0.1) is 13.8 Å². The Labute approximate surface area is 140 Å². The first kappa shape index (κ1) is 16.1. The molecular weight excluding hydrogens is 304 g/mol. The molecular formula is C19H20N2O3. The summed E-state index contributed by atoms with van der Waals surface area (Å²) >= 11 is 0. The Bertz CT molecular complexity index is 889. The number of rotatable bonds is 4. The molecule has 1 aromatic carbocycles. The van der Waals surface area contributed by atoms with Gasteiger partial charge >= 0.3 is 5.97 Å². The first-order valence-corrected chi connectivity index (χ1v) is 7.85. The average molecular weight is 324 g/mol. The normalized spacial score (nSPS) is 10.8. The molecule has 0 saturated heterocycles. The molecule has 0 radical (unpaired) electrons. The highest BCUT2D eigenvalue weighted by atomic mass is 16.5. The number of nitrogens with zero attached hydrogens (tertiary/aromatic N) is 2. The number of benzene rings is 1. The van der Waals surface area contributed by atoms with Crippen LogP contribution >= 0.6 is 0 Å². The molecule has 0 saturated carbocycles. The van der Waals surface area contributed by atoms with Crippen LogP contribution in [0.1, 0.15) is 28.5 Å². The van der Waals surface area contributed by atoms with Gasteiger partial charge in [-0.2, -0.15) is 0 Å². The van der Waals surface area contributed by atoms with E-state index >= 15 is 0 Å². The molecule has 0 unspecified atom stereocenters. The van der Waals surface area contributed by atoms with Gasteiger partial charge in [-0.3, -0.25) is 0 Å². The van der Waals surface area contributed by atoms with E-state index in [-0.39, 0.29) is 0 Å². The third-order valence-electron chi connectivity index (χ3n) is 3.93. The van der Waals surface area contributed by atoms with Crippen molar-refractivity contribution in [2.75, 3.05) is 13.7 Å². The second kappa shape index (κ2) is 6.35. The van der Waals surface area contributed by atoms with Gasteiger partial charge in [0.15, 0.2) is 5.69 Å². The molecule has 0 atom stereocenters. The number of imidazole rings is 1. The molecule has 2 heterocycles. The van der Waals surface area contributed by atoms with Crippen LogP contribution in [0.2, 0.25) is 0 Å². The minimum atomic E-state index is -0.404. The summed E-state index contributed by atoms with van der Waals surface area (Å²) in [7, 11) is 1.68. The number of methoxy groups -OCH3 is 1. The van der Waals surface area contributed by atoms with E-state index in [0.717, 1.165) is 28.0 Å². The first-order chi connectivity index (χ1) is 11.5. The van der Waals surface area contributed by atoms with Crippen molar-refractivity contribution in [1.82, 2.24) is 9.38 Å². The number of esters is 1. The highest BCUT2D eigenvalue weighted by Crippen LogP contribution is 2.30. The summed E-state index contributed by atoms with van der Waals surface area (Å²) < 4.78 is 12.3. The maximum Gasteiger partial charge on any atom is 0.358 e. The number of fused-ring (bicyclic) bond motifs is 1. The van der Waals surface area contributed by atoms with E-state index in [9.17, 15) is 4.79 Å². The van der Waals surface area contributed by atoms with Crippen LogP contribution < -0.4 is 4.74 Å². The van der Waals surface area contributed by atoms with Gasteiger partial charge in [0.25, 0.3) is 0 Å². The minimum absolute atomic E-state index is 0.316. The van der Waals surface area contributed by atoms with E-state index < -0.39 is 5.97 Å². The number of carbonyl (C=O) groups excluding carboxylic acids is 1. The van der Waals surface area contributed by atoms with Gasteiger partial charge in [-0.15, -0.1) is 0 Å². The first-order valence-electron chi connectivity index (χ1n) is 7.85. The standard InChI is InChI=1S/C19H20N2O3/c1-5-24-19(22)16-11-21-10-14(6-7-17(21)20-16)15-8-12(2)18(23-4)13(3)9-15/h6-11H,5H2,1-4H3. The predicted octanol–water partition coefficient (Wildman–Crippen LogP) is 3.80. The SMILES string of the molecule is CCOC(=O)c1cn2cc(-c3cc(C)c(OC)c(C)c3)ccc2n1. The van der Waals surface area contributed by atoms with Gasteiger partial charge in [0.05, 0.1) is 13.7 Å². The highest BCUT2D eigenvalue weighted by Gasteiger charge is 2.13. The molecule has 24 heavy (non-hydrogen) atoms. The fourth-order valence-corrected chi connectivity index (χ4v) is 2.90. The maximum atomic E-state index is 11.8. The largest absolute Gasteiger partial charge is 0.496 e. The maximum absolute atomic E-state index is 11.8. The Morgan fingerprint density at radius 1 is 1.12 bits per heavy atom. The van der Waals surface area contributed by atoms with Crippen molar-refractivity contribution in [3.63, 3.8) is 0 Å². The van der Waals surface area contributed by atoms with Crippen LogP contribution in [0.15, 0.2) is 36.7 Å². The molecule has 5 nitrogen and oxygen atoms in total. The van der Waals surface area contributed by atoms with Crippen molar-refractivity contribution >= 4 is 11.6 Å². The lowest BCUT2D eigenvalue weighted by atomic mass is 10.0. The number of aryl methyl sites for hydroxylation is 2. The Morgan fingerprint density at radius 2 is 1.83 bits per heavy atom. The summed E-state index contributed by atoms with van der Waals surface area (Å²) in [5, 5.41) is 0. The molecule has 5 heteroatoms. The Hall–Kier alpha value is -2.82. The lowest BCUT2D eigenvalue weighted by molar-refractivity contribution is 0.0520. The number of hydrogen-bond acceptors (Lipinski definition) is 4. The van der Waals surface area contributed by atoms with Crippen molar-refractivity contribution in [2.45, 2.75) is 20.8 Å². The quantitative estimate of drug-likeness (QED) is 0.685. The van der Waals surface area contributed by atoms with E-state index in [4.69, 9.17) is 9.47 Å². The van der Waals surface area contributed by atoms with Gasteiger partial charge in [0.2, 0.25) is 0 Å². The summed E-state index contributed by atoms with van der Waals surface area (Å²) in [6.07, 6.45) is 3.66. The van der Waals surface area contributed by atoms with E-state index in [0.29, 0.717) is 17.9 Å². The number of hydrogen-bond donors (Lipinski definition) is 0. The van der Waals surface area contributed by atoms with Crippen LogP contribution in [0.5, 0.6) is 5.75 Å². The number of ether oxygens (including phenoxy) is 2. The second-order valence-electron chi connectivity index (χ2n) is 5.67. The van der Waals surface area contributed by atoms with Crippen LogP contribution in [0.4, 0.5) is 0 Å². The molecule has 0 aliphatic carbocycles. The van der Waals surface area contributed by atoms with Crippen molar-refractivity contribution in [3.8, 4) is 16.9 Å². The van der Waals surface area contributed by atoms with E-state index in [1.165, 1.54) is 0 Å². The smallest absolute Gasteiger partial charge is 0.358 e. The van der Waals surface area contributed by atoms with Crippen LogP contribution in [0.25, 0.3) is 16.8 Å². The van der Waals surface area contributed by atoms with Crippen LogP contribution in [-0.2, 0) is 4.74 Å². The number of pyridine rings is 1. The molecule has 0 bridgehead atoms. The summed E-state index contributed by atoms with van der Waals surface area (Å²) in [6, 6.07) is 8.08. The zero-order chi connectivity index (χ0) is 17.3. The third-order valence-corrected chi connectivity index (χ3v) is 3.93. The van der Waals surface area contributed by atoms with E-state index in [2.05, 4.69) is 17.1 Å². The molecule has 0 fully saturated rings. The lowest BCUT2D eigenvalue weighted by Gasteiger charge is -2.11. The monoisotopic (exact) mass is 324 g/mol. The van der Waals surface area contributed by atoms with Gasteiger partial charge in [-0.05, 0) is 67.3 Å². The minimum Gasteiger partial charge on any atom is -0.496 e. The van der Waals surface area contributed by atoms with Crippen molar-refractivity contribution in [2.24, 2.45) is 0 Å². The molecule has 3 rings (SSSR count). The molecule has 0 spiro atoms. The average Bonchev–Trinajstić information content (AvgIpc) is 2.98. The Morgan fingerprint density at radius 3 is 2.46 bits per heavy atom. The number of aromatic nitrogens is 2. The van der Waals surface area contributed by atoms with E-state index in [1.807, 2.05) is 36.6 Å². The lowest BCUT2D eigenvalue weighted by Crippen LogP contribution is -2.04. The van der Waals surface area contributed by atoms with Crippen LogP contribution in [-0.4, -0.2) is 29.1 Å². The van der Waals surface area contributed by atoms with Crippen molar-refractivity contribution in [1.29, 1.82) is 0 Å². The molecule has 0 N–H and O–H groups in total. The van der Waals surface area contributed by atoms with Crippen molar-refractivity contribution < 1.29 is 14.3 Å². The predicted molar refractivity (Wildman–Crippen MR) is 92.6 cm³/mol. The van der Waals surface area contributed by atoms with Gasteiger partial charge in [0, 0.05) is 12.4 Å². The van der Waals surface area contributed by atoms with Crippen molar-refractivity contribution in [3.05, 3.63) is 53.5 Å². The molecule has 3 aromatic rings. The van der Waals surface area contributed by atoms with E-state index in [1.54, 1.807) is 20.2 Å². The summed E-state index contributed by atoms with van der Waals surface area (Å²) in [5.74, 6) is 0.506. The molecule has 124 valence electrons. The molecule has 0 amide bonds. The van der Waals surface area contributed by atoms with Gasteiger partial charge in [-0.25, -0.2) is 9.78 Å². The number of carbonyl (C=O) groups is 1. The Balaban J connectivity index is 2.03. The summed E-state index contributed by atoms with van der Waals surface area (Å²) in [4.78, 5) is 16.1. The Kier molecular flexibility index (Phi) is 4.25. The van der Waals surface area contributed by atoms with Gasteiger partial charge in [-0.1, -0.05) is 0 Å². The van der Waals surface area contributed by atoms with Gasteiger partial charge in [0.1, 0.15) is 11.4 Å². The van der Waals surface area contributed by atoms with Gasteiger partial charge < -0.3 is 13.9 Å². The molecule has 0 aliphatic heterocycles. The third kappa shape index (κ3) is 2.85. The topological polar surface area (TPSA) is 52.8 Å². The van der Waals surface area contributed by atoms with Crippen LogP contribution in [0.3, 0.4) is 0 Å².